The fraction of sp³-hybridized carbons (Fsp3) is 0.0714. The first-order valence-electron chi connectivity index (χ1n) is 9.95. The molecule has 0 aliphatic carbocycles. The molecular weight excluding hydrogens is 352 g/mol. The fourth-order valence-electron chi connectivity index (χ4n) is 3.43. The van der Waals surface area contributed by atoms with Crippen LogP contribution in [-0.4, -0.2) is 0 Å². The molecule has 1 unspecified atom stereocenters. The van der Waals surface area contributed by atoms with E-state index in [1.54, 1.807) is 0 Å². The Labute approximate surface area is 172 Å². The second-order valence-electron chi connectivity index (χ2n) is 7.09. The van der Waals surface area contributed by atoms with E-state index < -0.39 is 0 Å². The number of benzene rings is 4. The lowest BCUT2D eigenvalue weighted by Crippen LogP contribution is -1.95. The predicted octanol–water partition coefficient (Wildman–Crippen LogP) is 7.71. The third-order valence-electron chi connectivity index (χ3n) is 4.95. The van der Waals surface area contributed by atoms with E-state index in [9.17, 15) is 0 Å². The highest BCUT2D eigenvalue weighted by Gasteiger charge is 2.10. The Bertz CT molecular complexity index is 1030. The fourth-order valence-corrected chi connectivity index (χ4v) is 3.43. The van der Waals surface area contributed by atoms with E-state index in [0.717, 1.165) is 11.5 Å². The summed E-state index contributed by atoms with van der Waals surface area (Å²) in [6.07, 6.45) is 2.34. The van der Waals surface area contributed by atoms with E-state index in [2.05, 4.69) is 91.9 Å². The summed E-state index contributed by atoms with van der Waals surface area (Å²) in [5.74, 6) is 1.95. The molecule has 4 aromatic rings. The number of ether oxygens (including phenoxy) is 1. The molecule has 142 valence electrons. The smallest absolute Gasteiger partial charge is 0.127 e. The monoisotopic (exact) mass is 376 g/mol. The lowest BCUT2D eigenvalue weighted by Gasteiger charge is -2.14. The second-order valence-corrected chi connectivity index (χ2v) is 7.09. The molecule has 0 aliphatic rings. The van der Waals surface area contributed by atoms with E-state index in [-0.39, 0.29) is 5.92 Å². The predicted molar refractivity (Wildman–Crippen MR) is 121 cm³/mol. The molecule has 0 aliphatic heterocycles. The molecule has 1 heteroatoms. The summed E-state index contributed by atoms with van der Waals surface area (Å²) >= 11 is 0. The van der Waals surface area contributed by atoms with Gasteiger partial charge in [-0.3, -0.25) is 0 Å². The molecule has 0 heterocycles. The zero-order valence-corrected chi connectivity index (χ0v) is 16.5. The maximum absolute atomic E-state index is 6.02. The Morgan fingerprint density at radius 1 is 0.621 bits per heavy atom. The minimum atomic E-state index is 0.240. The van der Waals surface area contributed by atoms with Gasteiger partial charge in [-0.25, -0.2) is 0 Å². The summed E-state index contributed by atoms with van der Waals surface area (Å²) in [7, 11) is 0. The van der Waals surface area contributed by atoms with Crippen molar-refractivity contribution >= 4 is 5.57 Å². The van der Waals surface area contributed by atoms with Gasteiger partial charge in [-0.15, -0.1) is 0 Å². The first-order chi connectivity index (χ1) is 14.3. The lowest BCUT2D eigenvalue weighted by atomic mass is 9.91. The molecule has 0 aromatic heterocycles. The molecule has 0 fully saturated rings. The summed E-state index contributed by atoms with van der Waals surface area (Å²) in [5.41, 5.74) is 4.92. The molecule has 0 amide bonds. The third kappa shape index (κ3) is 4.83. The van der Waals surface area contributed by atoms with Gasteiger partial charge in [-0.05, 0) is 46.5 Å². The lowest BCUT2D eigenvalue weighted by molar-refractivity contribution is 0.482. The molecule has 4 aromatic carbocycles. The van der Waals surface area contributed by atoms with Gasteiger partial charge in [0.25, 0.3) is 0 Å². The van der Waals surface area contributed by atoms with Crippen molar-refractivity contribution in [2.24, 2.45) is 0 Å². The van der Waals surface area contributed by atoms with Crippen molar-refractivity contribution < 1.29 is 4.74 Å². The summed E-state index contributed by atoms with van der Waals surface area (Å²) in [6.45, 7) is 2.23. The van der Waals surface area contributed by atoms with Gasteiger partial charge in [-0.1, -0.05) is 104 Å². The molecule has 4 rings (SSSR count). The Kier molecular flexibility index (Phi) is 5.87. The molecule has 0 radical (unpaired) electrons. The average molecular weight is 376 g/mol. The second kappa shape index (κ2) is 9.07. The normalized spacial score (nSPS) is 11.5. The van der Waals surface area contributed by atoms with Crippen LogP contribution in [0.4, 0.5) is 0 Å². The van der Waals surface area contributed by atoms with E-state index in [0.29, 0.717) is 0 Å². The molecule has 29 heavy (non-hydrogen) atoms. The quantitative estimate of drug-likeness (QED) is 0.335. The van der Waals surface area contributed by atoms with E-state index >= 15 is 0 Å². The zero-order valence-electron chi connectivity index (χ0n) is 16.5. The molecule has 0 N–H and O–H groups in total. The van der Waals surface area contributed by atoms with Crippen LogP contribution in [0.25, 0.3) is 5.57 Å². The summed E-state index contributed by atoms with van der Waals surface area (Å²) in [4.78, 5) is 0. The van der Waals surface area contributed by atoms with E-state index in [1.165, 1.54) is 22.3 Å². The van der Waals surface area contributed by atoms with Crippen LogP contribution in [0.2, 0.25) is 0 Å². The standard InChI is InChI=1S/C28H24O/c1-22(25-16-11-19-27(21-25)29-26-17-9-4-10-18-26)20-28(23-12-5-2-6-13-23)24-14-7-3-8-15-24/h2-22H,1H3. The van der Waals surface area contributed by atoms with Crippen LogP contribution in [0.5, 0.6) is 11.5 Å². The van der Waals surface area contributed by atoms with Crippen molar-refractivity contribution in [3.63, 3.8) is 0 Å². The highest BCUT2D eigenvalue weighted by Crippen LogP contribution is 2.30. The van der Waals surface area contributed by atoms with Crippen molar-refractivity contribution in [3.8, 4) is 11.5 Å². The minimum Gasteiger partial charge on any atom is -0.457 e. The van der Waals surface area contributed by atoms with Gasteiger partial charge >= 0.3 is 0 Å². The van der Waals surface area contributed by atoms with Gasteiger partial charge in [-0.2, -0.15) is 0 Å². The van der Waals surface area contributed by atoms with Gasteiger partial charge in [0.1, 0.15) is 11.5 Å². The molecule has 0 bridgehead atoms. The number of hydrogen-bond acceptors (Lipinski definition) is 1. The zero-order chi connectivity index (χ0) is 19.9. The van der Waals surface area contributed by atoms with E-state index in [1.807, 2.05) is 36.4 Å². The Balaban J connectivity index is 1.66. The van der Waals surface area contributed by atoms with Crippen LogP contribution in [0.15, 0.2) is 121 Å². The maximum atomic E-state index is 6.02. The molecule has 0 saturated heterocycles. The van der Waals surface area contributed by atoms with Crippen molar-refractivity contribution in [3.05, 3.63) is 138 Å². The Morgan fingerprint density at radius 3 is 1.72 bits per heavy atom. The third-order valence-corrected chi connectivity index (χ3v) is 4.95. The van der Waals surface area contributed by atoms with Crippen LogP contribution < -0.4 is 4.74 Å². The largest absolute Gasteiger partial charge is 0.457 e. The highest BCUT2D eigenvalue weighted by atomic mass is 16.5. The van der Waals surface area contributed by atoms with Crippen LogP contribution in [0.3, 0.4) is 0 Å². The SMILES string of the molecule is CC(C=C(c1ccccc1)c1ccccc1)c1cccc(Oc2ccccc2)c1. The van der Waals surface area contributed by atoms with Gasteiger partial charge in [0.2, 0.25) is 0 Å². The summed E-state index contributed by atoms with van der Waals surface area (Å²) in [5, 5.41) is 0. The number of rotatable bonds is 6. The van der Waals surface area contributed by atoms with Crippen LogP contribution in [0.1, 0.15) is 29.5 Å². The number of hydrogen-bond donors (Lipinski definition) is 0. The Morgan fingerprint density at radius 2 is 1.14 bits per heavy atom. The van der Waals surface area contributed by atoms with Crippen LogP contribution in [-0.2, 0) is 0 Å². The van der Waals surface area contributed by atoms with Crippen molar-refractivity contribution in [2.45, 2.75) is 12.8 Å². The molecule has 0 saturated carbocycles. The van der Waals surface area contributed by atoms with Gasteiger partial charge in [0.05, 0.1) is 0 Å². The first kappa shape index (κ1) is 18.8. The highest BCUT2D eigenvalue weighted by molar-refractivity contribution is 5.80. The molecular formula is C28H24O. The summed E-state index contributed by atoms with van der Waals surface area (Å²) in [6, 6.07) is 39.4. The Hall–Kier alpha value is -3.58. The molecule has 0 spiro atoms. The number of allylic oxidation sites excluding steroid dienone is 1. The van der Waals surface area contributed by atoms with Gasteiger partial charge in [0, 0.05) is 5.92 Å². The van der Waals surface area contributed by atoms with Gasteiger partial charge in [0.15, 0.2) is 0 Å². The van der Waals surface area contributed by atoms with Crippen molar-refractivity contribution in [1.29, 1.82) is 0 Å². The summed E-state index contributed by atoms with van der Waals surface area (Å²) < 4.78 is 6.02. The van der Waals surface area contributed by atoms with E-state index in [4.69, 9.17) is 4.74 Å². The van der Waals surface area contributed by atoms with Gasteiger partial charge < -0.3 is 4.74 Å². The topological polar surface area (TPSA) is 9.23 Å². The van der Waals surface area contributed by atoms with Crippen LogP contribution in [0, 0.1) is 0 Å². The number of para-hydroxylation sites is 1. The molecule has 1 nitrogen and oxygen atoms in total. The van der Waals surface area contributed by atoms with Crippen molar-refractivity contribution in [1.82, 2.24) is 0 Å². The minimum absolute atomic E-state index is 0.240. The average Bonchev–Trinajstić information content (AvgIpc) is 2.79. The van der Waals surface area contributed by atoms with Crippen molar-refractivity contribution in [2.75, 3.05) is 0 Å². The maximum Gasteiger partial charge on any atom is 0.127 e. The molecule has 1 atom stereocenters. The van der Waals surface area contributed by atoms with Crippen LogP contribution >= 0.6 is 0 Å². The first-order valence-corrected chi connectivity index (χ1v) is 9.95.